The third-order valence-corrected chi connectivity index (χ3v) is 4.35. The number of aliphatic hydroxyl groups is 1. The molecule has 0 aromatic heterocycles. The molecule has 0 saturated carbocycles. The van der Waals surface area contributed by atoms with Gasteiger partial charge < -0.3 is 33.5 Å². The summed E-state index contributed by atoms with van der Waals surface area (Å²) in [5.74, 6) is 2.09. The predicted octanol–water partition coefficient (Wildman–Crippen LogP) is 4.21. The first-order chi connectivity index (χ1) is 14.0. The fraction of sp³-hybridized carbons (Fsp3) is 0.455. The van der Waals surface area contributed by atoms with Gasteiger partial charge in [0.25, 0.3) is 0 Å². The molecule has 1 N–H and O–H groups in total. The lowest BCUT2D eigenvalue weighted by molar-refractivity contribution is 0.0498. The average molecular weight is 406 g/mol. The maximum atomic E-state index is 10.8. The molecular formula is C22H30O7. The molecule has 7 nitrogen and oxygen atoms in total. The van der Waals surface area contributed by atoms with E-state index in [0.717, 1.165) is 5.57 Å². The van der Waals surface area contributed by atoms with Crippen LogP contribution in [0.5, 0.6) is 23.0 Å². The zero-order valence-electron chi connectivity index (χ0n) is 17.9. The molecule has 7 heteroatoms. The average Bonchev–Trinajstić information content (AvgIpc) is 2.73. The van der Waals surface area contributed by atoms with Gasteiger partial charge in [0.05, 0.1) is 31.1 Å². The van der Waals surface area contributed by atoms with E-state index in [9.17, 15) is 5.11 Å². The van der Waals surface area contributed by atoms with Crippen LogP contribution >= 0.6 is 0 Å². The van der Waals surface area contributed by atoms with Crippen LogP contribution in [0, 0.1) is 0 Å². The molecule has 0 aliphatic heterocycles. The third kappa shape index (κ3) is 5.32. The van der Waals surface area contributed by atoms with E-state index in [4.69, 9.17) is 28.4 Å². The number of hydrogen-bond donors (Lipinski definition) is 1. The lowest BCUT2D eigenvalue weighted by Crippen LogP contribution is -2.06. The van der Waals surface area contributed by atoms with Crippen molar-refractivity contribution in [2.45, 2.75) is 26.4 Å². The Morgan fingerprint density at radius 3 is 1.97 bits per heavy atom. The second-order valence-electron chi connectivity index (χ2n) is 6.65. The molecular weight excluding hydrogens is 376 g/mol. The van der Waals surface area contributed by atoms with E-state index in [0.29, 0.717) is 45.8 Å². The van der Waals surface area contributed by atoms with E-state index in [1.54, 1.807) is 46.6 Å². The molecule has 0 heterocycles. The lowest BCUT2D eigenvalue weighted by atomic mass is 9.97. The molecule has 2 aromatic carbocycles. The Morgan fingerprint density at radius 1 is 0.897 bits per heavy atom. The van der Waals surface area contributed by atoms with Crippen molar-refractivity contribution in [1.82, 2.24) is 0 Å². The number of allylic oxidation sites excluding steroid dienone is 1. The number of benzene rings is 2. The van der Waals surface area contributed by atoms with Gasteiger partial charge in [-0.25, -0.2) is 0 Å². The Labute approximate surface area is 171 Å². The molecule has 0 fully saturated rings. The van der Waals surface area contributed by atoms with Gasteiger partial charge in [0, 0.05) is 19.8 Å². The standard InChI is InChI=1S/C22H30O7/c1-14(2)7-8-16(23)15-11-19(26-5)20-17(28-12-24-3)9-10-18(29-13-25-4)21(20)22(15)27-6/h7,9-11,16,23H,8,12-13H2,1-6H3. The van der Waals surface area contributed by atoms with Gasteiger partial charge in [0.2, 0.25) is 0 Å². The van der Waals surface area contributed by atoms with Crippen LogP contribution in [0.1, 0.15) is 31.9 Å². The quantitative estimate of drug-likeness (QED) is 0.442. The van der Waals surface area contributed by atoms with Gasteiger partial charge in [0.15, 0.2) is 13.6 Å². The summed E-state index contributed by atoms with van der Waals surface area (Å²) >= 11 is 0. The van der Waals surface area contributed by atoms with Crippen LogP contribution in [0.25, 0.3) is 10.8 Å². The van der Waals surface area contributed by atoms with Crippen molar-refractivity contribution >= 4 is 10.8 Å². The zero-order chi connectivity index (χ0) is 21.4. The van der Waals surface area contributed by atoms with Gasteiger partial charge in [0.1, 0.15) is 23.0 Å². The molecule has 0 saturated heterocycles. The van der Waals surface area contributed by atoms with Crippen LogP contribution in [-0.2, 0) is 9.47 Å². The van der Waals surface area contributed by atoms with E-state index < -0.39 is 6.10 Å². The van der Waals surface area contributed by atoms with E-state index in [1.807, 2.05) is 19.9 Å². The topological polar surface area (TPSA) is 75.6 Å². The minimum absolute atomic E-state index is 0.0589. The van der Waals surface area contributed by atoms with Crippen molar-refractivity contribution in [3.8, 4) is 23.0 Å². The van der Waals surface area contributed by atoms with E-state index in [2.05, 4.69) is 0 Å². The first kappa shape index (κ1) is 22.8. The van der Waals surface area contributed by atoms with Gasteiger partial charge in [-0.2, -0.15) is 0 Å². The second kappa shape index (κ2) is 10.9. The number of rotatable bonds is 11. The SMILES string of the molecule is COCOc1ccc(OCOC)c2c(OC)c(C(O)CC=C(C)C)cc(OC)c12. The first-order valence-electron chi connectivity index (χ1n) is 9.24. The summed E-state index contributed by atoms with van der Waals surface area (Å²) in [5, 5.41) is 12.1. The predicted molar refractivity (Wildman–Crippen MR) is 111 cm³/mol. The van der Waals surface area contributed by atoms with Crippen LogP contribution in [-0.4, -0.2) is 47.1 Å². The highest BCUT2D eigenvalue weighted by molar-refractivity contribution is 6.03. The van der Waals surface area contributed by atoms with Gasteiger partial charge >= 0.3 is 0 Å². The summed E-state index contributed by atoms with van der Waals surface area (Å²) < 4.78 is 33.0. The maximum Gasteiger partial charge on any atom is 0.188 e. The minimum Gasteiger partial charge on any atom is -0.496 e. The highest BCUT2D eigenvalue weighted by atomic mass is 16.7. The first-order valence-corrected chi connectivity index (χ1v) is 9.24. The van der Waals surface area contributed by atoms with Crippen molar-refractivity contribution < 1.29 is 33.5 Å². The number of ether oxygens (including phenoxy) is 6. The highest BCUT2D eigenvalue weighted by Gasteiger charge is 2.24. The van der Waals surface area contributed by atoms with Crippen molar-refractivity contribution in [3.63, 3.8) is 0 Å². The number of fused-ring (bicyclic) bond motifs is 1. The number of methoxy groups -OCH3 is 4. The number of hydrogen-bond acceptors (Lipinski definition) is 7. The largest absolute Gasteiger partial charge is 0.496 e. The molecule has 0 spiro atoms. The van der Waals surface area contributed by atoms with E-state index in [1.165, 1.54) is 0 Å². The molecule has 29 heavy (non-hydrogen) atoms. The van der Waals surface area contributed by atoms with E-state index in [-0.39, 0.29) is 13.6 Å². The lowest BCUT2D eigenvalue weighted by Gasteiger charge is -2.21. The van der Waals surface area contributed by atoms with Crippen molar-refractivity contribution in [3.05, 3.63) is 35.4 Å². The molecule has 2 aromatic rings. The summed E-state index contributed by atoms with van der Waals surface area (Å²) in [7, 11) is 6.22. The Hall–Kier alpha value is -2.48. The zero-order valence-corrected chi connectivity index (χ0v) is 17.9. The molecule has 0 bridgehead atoms. The Kier molecular flexibility index (Phi) is 8.57. The summed E-state index contributed by atoms with van der Waals surface area (Å²) in [5.41, 5.74) is 1.72. The molecule has 1 atom stereocenters. The summed E-state index contributed by atoms with van der Waals surface area (Å²) in [6.45, 7) is 4.11. The highest BCUT2D eigenvalue weighted by Crippen LogP contribution is 2.48. The minimum atomic E-state index is -0.781. The molecule has 0 aliphatic carbocycles. The molecule has 160 valence electrons. The Balaban J connectivity index is 2.78. The van der Waals surface area contributed by atoms with Crippen LogP contribution in [0.15, 0.2) is 29.8 Å². The summed E-state index contributed by atoms with van der Waals surface area (Å²) in [6, 6.07) is 5.30. The molecule has 2 rings (SSSR count). The van der Waals surface area contributed by atoms with Gasteiger partial charge in [-0.1, -0.05) is 11.6 Å². The van der Waals surface area contributed by atoms with Gasteiger partial charge in [-0.15, -0.1) is 0 Å². The van der Waals surface area contributed by atoms with Crippen molar-refractivity contribution in [2.75, 3.05) is 42.0 Å². The normalized spacial score (nSPS) is 11.8. The van der Waals surface area contributed by atoms with E-state index >= 15 is 0 Å². The fourth-order valence-corrected chi connectivity index (χ4v) is 3.05. The molecule has 0 aliphatic rings. The van der Waals surface area contributed by atoms with Gasteiger partial charge in [-0.3, -0.25) is 0 Å². The van der Waals surface area contributed by atoms with Crippen LogP contribution in [0.2, 0.25) is 0 Å². The summed E-state index contributed by atoms with van der Waals surface area (Å²) in [6.07, 6.45) is 1.64. The van der Waals surface area contributed by atoms with Crippen LogP contribution in [0.3, 0.4) is 0 Å². The Morgan fingerprint density at radius 2 is 1.48 bits per heavy atom. The summed E-state index contributed by atoms with van der Waals surface area (Å²) in [4.78, 5) is 0. The second-order valence-corrected chi connectivity index (χ2v) is 6.65. The third-order valence-electron chi connectivity index (χ3n) is 4.35. The molecule has 0 amide bonds. The Bertz CT molecular complexity index is 841. The smallest absolute Gasteiger partial charge is 0.188 e. The molecule has 0 radical (unpaired) electrons. The van der Waals surface area contributed by atoms with Gasteiger partial charge in [-0.05, 0) is 38.5 Å². The van der Waals surface area contributed by atoms with Crippen LogP contribution < -0.4 is 18.9 Å². The number of aliphatic hydroxyl groups excluding tert-OH is 1. The van der Waals surface area contributed by atoms with Crippen molar-refractivity contribution in [1.29, 1.82) is 0 Å². The van der Waals surface area contributed by atoms with Crippen LogP contribution in [0.4, 0.5) is 0 Å². The fourth-order valence-electron chi connectivity index (χ4n) is 3.05. The molecule has 1 unspecified atom stereocenters. The monoisotopic (exact) mass is 406 g/mol. The maximum absolute atomic E-state index is 10.8. The van der Waals surface area contributed by atoms with Crippen molar-refractivity contribution in [2.24, 2.45) is 0 Å².